The van der Waals surface area contributed by atoms with Crippen LogP contribution in [0.25, 0.3) is 0 Å². The number of rotatable bonds is 58. The number of carbonyl (C=O) groups excluding carboxylic acids is 1. The predicted octanol–water partition coefficient (Wildman–Crippen LogP) is 21.3. The third-order valence-corrected chi connectivity index (χ3v) is 14.4. The van der Waals surface area contributed by atoms with Crippen LogP contribution in [0, 0.1) is 0 Å². The van der Waals surface area contributed by atoms with Crippen LogP contribution in [0.2, 0.25) is 0 Å². The maximum atomic E-state index is 12.5. The molecule has 0 spiro atoms. The van der Waals surface area contributed by atoms with E-state index in [1.807, 2.05) is 6.08 Å². The molecule has 0 bridgehead atoms. The zero-order valence-corrected chi connectivity index (χ0v) is 47.7. The van der Waals surface area contributed by atoms with Crippen LogP contribution in [-0.4, -0.2) is 34.9 Å². The SMILES string of the molecule is CC/C=C\C/C=C\C/C=C\C/C=C\CCCCCCCCCCCCCCCCCCCCCCC(=O)NC(CO)C(O)/C=C/CC/C=C/CCCCCCCCCCCCCCCCCCCCCC. The van der Waals surface area contributed by atoms with Crippen molar-refractivity contribution < 1.29 is 15.0 Å². The van der Waals surface area contributed by atoms with Crippen LogP contribution in [0.5, 0.6) is 0 Å². The van der Waals surface area contributed by atoms with E-state index in [-0.39, 0.29) is 12.5 Å². The minimum atomic E-state index is -0.865. The lowest BCUT2D eigenvalue weighted by Gasteiger charge is -2.19. The number of unbranched alkanes of at least 4 members (excludes halogenated alkanes) is 41. The summed E-state index contributed by atoms with van der Waals surface area (Å²) in [6, 6.07) is -0.642. The minimum Gasteiger partial charge on any atom is -0.394 e. The van der Waals surface area contributed by atoms with E-state index in [0.717, 1.165) is 57.8 Å². The highest BCUT2D eigenvalue weighted by molar-refractivity contribution is 5.76. The van der Waals surface area contributed by atoms with E-state index in [1.165, 1.54) is 250 Å². The van der Waals surface area contributed by atoms with Gasteiger partial charge in [-0.15, -0.1) is 0 Å². The van der Waals surface area contributed by atoms with E-state index in [0.29, 0.717) is 6.42 Å². The molecule has 0 aliphatic heterocycles. The van der Waals surface area contributed by atoms with Gasteiger partial charge in [0.25, 0.3) is 0 Å². The summed E-state index contributed by atoms with van der Waals surface area (Å²) in [6.07, 6.45) is 89.6. The van der Waals surface area contributed by atoms with Crippen molar-refractivity contribution in [1.29, 1.82) is 0 Å². The Labute approximate surface area is 444 Å². The van der Waals surface area contributed by atoms with Crippen molar-refractivity contribution in [3.63, 3.8) is 0 Å². The summed E-state index contributed by atoms with van der Waals surface area (Å²) >= 11 is 0. The number of carbonyl (C=O) groups is 1. The lowest BCUT2D eigenvalue weighted by atomic mass is 10.0. The first-order valence-corrected chi connectivity index (χ1v) is 31.7. The molecule has 0 aromatic rings. The zero-order valence-electron chi connectivity index (χ0n) is 47.7. The van der Waals surface area contributed by atoms with Gasteiger partial charge in [0.1, 0.15) is 0 Å². The number of allylic oxidation sites excluding steroid dienone is 11. The van der Waals surface area contributed by atoms with Gasteiger partial charge in [0.05, 0.1) is 18.8 Å². The molecule has 0 aliphatic carbocycles. The Morgan fingerprint density at radius 2 is 0.634 bits per heavy atom. The van der Waals surface area contributed by atoms with Crippen molar-refractivity contribution in [3.8, 4) is 0 Å². The molecular weight excluding hydrogens is 867 g/mol. The van der Waals surface area contributed by atoms with Crippen LogP contribution in [0.15, 0.2) is 72.9 Å². The molecule has 3 N–H and O–H groups in total. The Kier molecular flexibility index (Phi) is 60.2. The molecule has 0 aromatic carbocycles. The molecule has 0 aromatic heterocycles. The number of nitrogens with one attached hydrogen (secondary N) is 1. The van der Waals surface area contributed by atoms with Crippen molar-refractivity contribution in [1.82, 2.24) is 5.32 Å². The molecule has 0 aliphatic rings. The van der Waals surface area contributed by atoms with Gasteiger partial charge in [-0.05, 0) is 70.6 Å². The molecule has 1 amide bonds. The summed E-state index contributed by atoms with van der Waals surface area (Å²) in [7, 11) is 0. The van der Waals surface area contributed by atoms with E-state index in [1.54, 1.807) is 6.08 Å². The summed E-state index contributed by atoms with van der Waals surface area (Å²) in [5.41, 5.74) is 0. The van der Waals surface area contributed by atoms with Gasteiger partial charge in [0, 0.05) is 6.42 Å². The van der Waals surface area contributed by atoms with Gasteiger partial charge in [-0.2, -0.15) is 0 Å². The van der Waals surface area contributed by atoms with Crippen molar-refractivity contribution in [2.75, 3.05) is 6.61 Å². The van der Waals surface area contributed by atoms with Crippen molar-refractivity contribution in [2.45, 2.75) is 341 Å². The third-order valence-electron chi connectivity index (χ3n) is 14.4. The number of amides is 1. The van der Waals surface area contributed by atoms with E-state index >= 15 is 0 Å². The largest absolute Gasteiger partial charge is 0.394 e. The highest BCUT2D eigenvalue weighted by atomic mass is 16.3. The molecule has 0 fully saturated rings. The topological polar surface area (TPSA) is 69.6 Å². The van der Waals surface area contributed by atoms with Gasteiger partial charge in [-0.1, -0.05) is 324 Å². The quantitative estimate of drug-likeness (QED) is 0.0420. The lowest BCUT2D eigenvalue weighted by molar-refractivity contribution is -0.123. The van der Waals surface area contributed by atoms with Gasteiger partial charge >= 0.3 is 0 Å². The zero-order chi connectivity index (χ0) is 51.3. The second-order valence-electron chi connectivity index (χ2n) is 21.4. The second kappa shape index (κ2) is 62.1. The summed E-state index contributed by atoms with van der Waals surface area (Å²) in [6.45, 7) is 4.22. The molecular formula is C67H123NO3. The monoisotopic (exact) mass is 990 g/mol. The van der Waals surface area contributed by atoms with E-state index in [9.17, 15) is 15.0 Å². The van der Waals surface area contributed by atoms with Gasteiger partial charge in [0.15, 0.2) is 0 Å². The molecule has 2 atom stereocenters. The fraction of sp³-hybridized carbons (Fsp3) is 0.806. The molecule has 0 saturated heterocycles. The van der Waals surface area contributed by atoms with Crippen LogP contribution < -0.4 is 5.32 Å². The molecule has 0 radical (unpaired) electrons. The van der Waals surface area contributed by atoms with Crippen molar-refractivity contribution >= 4 is 5.91 Å². The average Bonchev–Trinajstić information content (AvgIpc) is 3.37. The third kappa shape index (κ3) is 58.6. The molecule has 4 heteroatoms. The molecule has 2 unspecified atom stereocenters. The smallest absolute Gasteiger partial charge is 0.220 e. The average molecular weight is 991 g/mol. The second-order valence-corrected chi connectivity index (χ2v) is 21.4. The Bertz CT molecular complexity index is 1210. The van der Waals surface area contributed by atoms with Gasteiger partial charge in [-0.3, -0.25) is 4.79 Å². The van der Waals surface area contributed by atoms with Crippen LogP contribution in [0.1, 0.15) is 328 Å². The lowest BCUT2D eigenvalue weighted by Crippen LogP contribution is -2.45. The fourth-order valence-corrected chi connectivity index (χ4v) is 9.66. The highest BCUT2D eigenvalue weighted by Crippen LogP contribution is 2.18. The highest BCUT2D eigenvalue weighted by Gasteiger charge is 2.18. The Morgan fingerprint density at radius 1 is 0.352 bits per heavy atom. The Balaban J connectivity index is 3.48. The molecule has 414 valence electrons. The fourth-order valence-electron chi connectivity index (χ4n) is 9.66. The van der Waals surface area contributed by atoms with E-state index in [4.69, 9.17) is 0 Å². The van der Waals surface area contributed by atoms with E-state index < -0.39 is 12.1 Å². The first kappa shape index (κ1) is 68.8. The first-order valence-electron chi connectivity index (χ1n) is 31.7. The van der Waals surface area contributed by atoms with Crippen LogP contribution in [0.4, 0.5) is 0 Å². The Morgan fingerprint density at radius 3 is 0.986 bits per heavy atom. The van der Waals surface area contributed by atoms with Crippen LogP contribution in [-0.2, 0) is 4.79 Å². The standard InChI is InChI=1S/C67H123NO3/c1-3-5-7-9-11-13-15-17-19-21-23-25-27-29-31-32-33-34-35-36-37-39-41-43-45-47-49-51-53-55-57-59-61-63-67(71)68-65(64-69)66(70)62-60-58-56-54-52-50-48-46-44-42-40-38-30-28-26-24-22-20-18-16-14-12-10-8-6-4-2/h5,7,11,13,17,19,23,25,52,54,60,62,65-66,69-70H,3-4,6,8-10,12,14-16,18,20-22,24,26-51,53,55-59,61,63-64H2,1-2H3,(H,68,71)/b7-5-,13-11-,19-17-,25-23-,54-52+,62-60+. The van der Waals surface area contributed by atoms with E-state index in [2.05, 4.69) is 79.9 Å². The normalized spacial score (nSPS) is 13.2. The van der Waals surface area contributed by atoms with Gasteiger partial charge < -0.3 is 15.5 Å². The summed E-state index contributed by atoms with van der Waals surface area (Å²) in [5.74, 6) is -0.0696. The summed E-state index contributed by atoms with van der Waals surface area (Å²) < 4.78 is 0. The molecule has 0 saturated carbocycles. The summed E-state index contributed by atoms with van der Waals surface area (Å²) in [4.78, 5) is 12.5. The maximum absolute atomic E-state index is 12.5. The molecule has 71 heavy (non-hydrogen) atoms. The molecule has 0 rings (SSSR count). The first-order chi connectivity index (χ1) is 35.2. The van der Waals surface area contributed by atoms with Crippen molar-refractivity contribution in [2.24, 2.45) is 0 Å². The van der Waals surface area contributed by atoms with Gasteiger partial charge in [0.2, 0.25) is 5.91 Å². The number of aliphatic hydroxyl groups excluding tert-OH is 2. The Hall–Kier alpha value is -2.17. The summed E-state index contributed by atoms with van der Waals surface area (Å²) in [5, 5.41) is 23.2. The number of hydrogen-bond donors (Lipinski definition) is 3. The van der Waals surface area contributed by atoms with Gasteiger partial charge in [-0.25, -0.2) is 0 Å². The number of hydrogen-bond acceptors (Lipinski definition) is 3. The predicted molar refractivity (Wildman–Crippen MR) is 317 cm³/mol. The number of aliphatic hydroxyl groups is 2. The molecule has 4 nitrogen and oxygen atoms in total. The molecule has 0 heterocycles. The van der Waals surface area contributed by atoms with Crippen molar-refractivity contribution in [3.05, 3.63) is 72.9 Å². The van der Waals surface area contributed by atoms with Crippen LogP contribution in [0.3, 0.4) is 0 Å². The van der Waals surface area contributed by atoms with Crippen LogP contribution >= 0.6 is 0 Å². The minimum absolute atomic E-state index is 0.0696. The maximum Gasteiger partial charge on any atom is 0.220 e.